The fourth-order valence-electron chi connectivity index (χ4n) is 3.82. The molecule has 136 valence electrons. The van der Waals surface area contributed by atoms with E-state index in [0.717, 1.165) is 0 Å². The van der Waals surface area contributed by atoms with Crippen molar-refractivity contribution in [2.75, 3.05) is 26.3 Å². The van der Waals surface area contributed by atoms with Gasteiger partial charge in [-0.2, -0.15) is 0 Å². The van der Waals surface area contributed by atoms with E-state index in [1.54, 1.807) is 11.8 Å². The topological polar surface area (TPSA) is 59.0 Å². The van der Waals surface area contributed by atoms with Gasteiger partial charge in [-0.15, -0.1) is 0 Å². The Labute approximate surface area is 153 Å². The Hall–Kier alpha value is -2.37. The molecule has 0 spiro atoms. The van der Waals surface area contributed by atoms with Crippen molar-refractivity contribution < 1.29 is 19.4 Å². The van der Waals surface area contributed by atoms with Crippen LogP contribution in [-0.2, 0) is 9.47 Å². The lowest BCUT2D eigenvalue weighted by molar-refractivity contribution is -0.0785. The third kappa shape index (κ3) is 3.08. The van der Waals surface area contributed by atoms with Gasteiger partial charge in [-0.05, 0) is 29.2 Å². The Kier molecular flexibility index (Phi) is 4.66. The molecule has 2 aromatic rings. The number of hydrogen-bond donors (Lipinski definition) is 1. The fourth-order valence-corrected chi connectivity index (χ4v) is 3.82. The lowest BCUT2D eigenvalue weighted by Crippen LogP contribution is -2.49. The molecule has 1 amide bonds. The summed E-state index contributed by atoms with van der Waals surface area (Å²) in [6.45, 7) is 3.24. The number of aliphatic hydroxyl groups is 1. The largest absolute Gasteiger partial charge is 0.448 e. The van der Waals surface area contributed by atoms with Gasteiger partial charge in [-0.3, -0.25) is 0 Å². The summed E-state index contributed by atoms with van der Waals surface area (Å²) in [7, 11) is 0. The van der Waals surface area contributed by atoms with Crippen LogP contribution in [0.1, 0.15) is 24.0 Å². The Balaban J connectivity index is 1.47. The molecule has 0 bridgehead atoms. The van der Waals surface area contributed by atoms with Crippen LogP contribution in [0, 0.1) is 0 Å². The first-order chi connectivity index (χ1) is 12.6. The molecule has 0 radical (unpaired) electrons. The maximum absolute atomic E-state index is 12.5. The zero-order valence-corrected chi connectivity index (χ0v) is 14.8. The second-order valence-corrected chi connectivity index (χ2v) is 6.90. The highest BCUT2D eigenvalue weighted by Gasteiger charge is 2.31. The van der Waals surface area contributed by atoms with Crippen molar-refractivity contribution in [1.82, 2.24) is 4.90 Å². The number of morpholine rings is 1. The lowest BCUT2D eigenvalue weighted by atomic mass is 9.98. The molecule has 26 heavy (non-hydrogen) atoms. The van der Waals surface area contributed by atoms with Gasteiger partial charge in [0.25, 0.3) is 0 Å². The molecule has 1 fully saturated rings. The fraction of sp³-hybridized carbons (Fsp3) is 0.381. The number of ether oxygens (including phenoxy) is 2. The molecule has 5 nitrogen and oxygen atoms in total. The second-order valence-electron chi connectivity index (χ2n) is 6.90. The molecular formula is C21H23NO4. The van der Waals surface area contributed by atoms with Crippen molar-refractivity contribution in [1.29, 1.82) is 0 Å². The number of hydrogen-bond acceptors (Lipinski definition) is 4. The lowest BCUT2D eigenvalue weighted by Gasteiger charge is -2.33. The summed E-state index contributed by atoms with van der Waals surface area (Å²) in [6, 6.07) is 16.6. The molecule has 2 atom stereocenters. The quantitative estimate of drug-likeness (QED) is 0.921. The molecule has 4 rings (SSSR count). The summed E-state index contributed by atoms with van der Waals surface area (Å²) in [5, 5.41) is 9.69. The normalized spacial score (nSPS) is 20.4. The molecule has 0 saturated carbocycles. The summed E-state index contributed by atoms with van der Waals surface area (Å²) < 4.78 is 11.1. The van der Waals surface area contributed by atoms with Gasteiger partial charge < -0.3 is 19.5 Å². The van der Waals surface area contributed by atoms with Gasteiger partial charge in [-0.25, -0.2) is 4.79 Å². The van der Waals surface area contributed by atoms with Crippen molar-refractivity contribution in [3.8, 4) is 11.1 Å². The minimum absolute atomic E-state index is 0.0555. The molecule has 1 unspecified atom stereocenters. The van der Waals surface area contributed by atoms with Crippen molar-refractivity contribution in [2.24, 2.45) is 0 Å². The van der Waals surface area contributed by atoms with E-state index in [2.05, 4.69) is 24.3 Å². The number of carbonyl (C=O) groups is 1. The van der Waals surface area contributed by atoms with Gasteiger partial charge in [0.2, 0.25) is 0 Å². The third-order valence-electron chi connectivity index (χ3n) is 5.23. The monoisotopic (exact) mass is 353 g/mol. The zero-order chi connectivity index (χ0) is 18.1. The molecule has 2 aliphatic rings. The van der Waals surface area contributed by atoms with E-state index in [9.17, 15) is 9.90 Å². The second kappa shape index (κ2) is 7.09. The molecule has 1 N–H and O–H groups in total. The highest BCUT2D eigenvalue weighted by Crippen LogP contribution is 2.44. The maximum Gasteiger partial charge on any atom is 0.409 e. The van der Waals surface area contributed by atoms with Crippen LogP contribution >= 0.6 is 0 Å². The van der Waals surface area contributed by atoms with Crippen LogP contribution in [0.25, 0.3) is 11.1 Å². The highest BCUT2D eigenvalue weighted by molar-refractivity contribution is 5.79. The van der Waals surface area contributed by atoms with Crippen molar-refractivity contribution in [2.45, 2.75) is 25.0 Å². The van der Waals surface area contributed by atoms with Gasteiger partial charge in [-0.1, -0.05) is 48.5 Å². The van der Waals surface area contributed by atoms with E-state index in [-0.39, 0.29) is 18.1 Å². The Morgan fingerprint density at radius 3 is 2.42 bits per heavy atom. The molecule has 1 saturated heterocycles. The SMILES string of the molecule is C[C@H](O)C1CN(C(=O)OCC2c3ccccc3-c3ccccc32)CCO1. The Morgan fingerprint density at radius 2 is 1.81 bits per heavy atom. The minimum atomic E-state index is -0.612. The molecule has 2 aromatic carbocycles. The van der Waals surface area contributed by atoms with Crippen LogP contribution in [0.4, 0.5) is 4.79 Å². The predicted octanol–water partition coefficient (Wildman–Crippen LogP) is 3.02. The zero-order valence-electron chi connectivity index (χ0n) is 14.8. The van der Waals surface area contributed by atoms with E-state index in [1.165, 1.54) is 22.3 Å². The first-order valence-corrected chi connectivity index (χ1v) is 9.04. The highest BCUT2D eigenvalue weighted by atomic mass is 16.6. The van der Waals surface area contributed by atoms with Crippen molar-refractivity contribution in [3.05, 3.63) is 59.7 Å². The number of benzene rings is 2. The van der Waals surface area contributed by atoms with E-state index in [4.69, 9.17) is 9.47 Å². The van der Waals surface area contributed by atoms with Crippen molar-refractivity contribution in [3.63, 3.8) is 0 Å². The van der Waals surface area contributed by atoms with Crippen LogP contribution in [0.2, 0.25) is 0 Å². The first kappa shape index (κ1) is 17.1. The van der Waals surface area contributed by atoms with Crippen LogP contribution in [0.15, 0.2) is 48.5 Å². The molecule has 0 aromatic heterocycles. The van der Waals surface area contributed by atoms with Gasteiger partial charge in [0.05, 0.1) is 19.3 Å². The number of nitrogens with zero attached hydrogens (tertiary/aromatic N) is 1. The molecule has 1 heterocycles. The minimum Gasteiger partial charge on any atom is -0.448 e. The number of rotatable bonds is 3. The van der Waals surface area contributed by atoms with Crippen LogP contribution in [0.3, 0.4) is 0 Å². The summed E-state index contributed by atoms with van der Waals surface area (Å²) in [4.78, 5) is 14.1. The average Bonchev–Trinajstić information content (AvgIpc) is 3.00. The number of carbonyl (C=O) groups excluding carboxylic acids is 1. The molecule has 5 heteroatoms. The predicted molar refractivity (Wildman–Crippen MR) is 98.1 cm³/mol. The molecule has 1 aliphatic carbocycles. The first-order valence-electron chi connectivity index (χ1n) is 9.04. The van der Waals surface area contributed by atoms with Crippen LogP contribution in [0.5, 0.6) is 0 Å². The van der Waals surface area contributed by atoms with Gasteiger partial charge in [0.15, 0.2) is 0 Å². The van der Waals surface area contributed by atoms with E-state index in [1.807, 2.05) is 24.3 Å². The Morgan fingerprint density at radius 1 is 1.19 bits per heavy atom. The summed E-state index contributed by atoms with van der Waals surface area (Å²) in [6.07, 6.45) is -1.32. The number of aliphatic hydroxyl groups excluding tert-OH is 1. The van der Waals surface area contributed by atoms with Gasteiger partial charge in [0.1, 0.15) is 12.7 Å². The average molecular weight is 353 g/mol. The van der Waals surface area contributed by atoms with E-state index < -0.39 is 6.10 Å². The maximum atomic E-state index is 12.5. The van der Waals surface area contributed by atoms with Crippen LogP contribution < -0.4 is 0 Å². The Bertz CT molecular complexity index is 759. The standard InChI is InChI=1S/C21H23NO4/c1-14(23)20-12-22(10-11-25-20)21(24)26-13-19-17-8-4-2-6-15(17)16-7-3-5-9-18(16)19/h2-9,14,19-20,23H,10-13H2,1H3/t14-,20?/m0/s1. The summed E-state index contributed by atoms with van der Waals surface area (Å²) in [5.74, 6) is 0.0555. The van der Waals surface area contributed by atoms with Gasteiger partial charge >= 0.3 is 6.09 Å². The summed E-state index contributed by atoms with van der Waals surface area (Å²) in [5.41, 5.74) is 4.82. The number of amides is 1. The van der Waals surface area contributed by atoms with Gasteiger partial charge in [0, 0.05) is 12.5 Å². The smallest absolute Gasteiger partial charge is 0.409 e. The van der Waals surface area contributed by atoms with Crippen molar-refractivity contribution >= 4 is 6.09 Å². The van der Waals surface area contributed by atoms with E-state index in [0.29, 0.717) is 26.3 Å². The molecular weight excluding hydrogens is 330 g/mol. The van der Waals surface area contributed by atoms with Crippen LogP contribution in [-0.4, -0.2) is 54.6 Å². The third-order valence-corrected chi connectivity index (χ3v) is 5.23. The van der Waals surface area contributed by atoms with E-state index >= 15 is 0 Å². The molecule has 1 aliphatic heterocycles. The summed E-state index contributed by atoms with van der Waals surface area (Å²) >= 11 is 0. The number of fused-ring (bicyclic) bond motifs is 3.